The van der Waals surface area contributed by atoms with Gasteiger partial charge in [-0.25, -0.2) is 8.42 Å². The van der Waals surface area contributed by atoms with E-state index in [0.717, 1.165) is 0 Å². The average Bonchev–Trinajstić information content (AvgIpc) is 3.10. The fraction of sp³-hybridized carbons (Fsp3) is 0.222. The number of methoxy groups -OCH3 is 6. The number of benzene rings is 4. The average molecular weight is 695 g/mol. The van der Waals surface area contributed by atoms with Gasteiger partial charge in [-0.05, 0) is 35.4 Å². The van der Waals surface area contributed by atoms with E-state index < -0.39 is 31.8 Å². The van der Waals surface area contributed by atoms with E-state index in [1.54, 1.807) is 0 Å². The van der Waals surface area contributed by atoms with Crippen molar-refractivity contribution in [3.63, 3.8) is 0 Å². The van der Waals surface area contributed by atoms with Crippen LogP contribution in [-0.2, 0) is 9.84 Å². The molecule has 0 amide bonds. The predicted molar refractivity (Wildman–Crippen MR) is 184 cm³/mol. The second-order valence-corrected chi connectivity index (χ2v) is 12.7. The largest absolute Gasteiger partial charge is 0.504 e. The zero-order valence-electron chi connectivity index (χ0n) is 27.7. The molecule has 0 aliphatic carbocycles. The summed E-state index contributed by atoms with van der Waals surface area (Å²) in [6.07, 6.45) is 5.77. The van der Waals surface area contributed by atoms with Crippen LogP contribution in [0.3, 0.4) is 0 Å². The third-order valence-corrected chi connectivity index (χ3v) is 9.91. The molecule has 12 nitrogen and oxygen atoms in total. The van der Waals surface area contributed by atoms with E-state index >= 15 is 8.42 Å². The number of rotatable bonds is 14. The highest BCUT2D eigenvalue weighted by molar-refractivity contribution is 7.92. The molecule has 0 radical (unpaired) electrons. The Bertz CT molecular complexity index is 1780. The van der Waals surface area contributed by atoms with Crippen molar-refractivity contribution in [3.8, 4) is 57.5 Å². The van der Waals surface area contributed by atoms with Gasteiger partial charge in [0.05, 0.1) is 53.8 Å². The number of sulfone groups is 1. The molecule has 2 atom stereocenters. The molecule has 4 aromatic carbocycles. The summed E-state index contributed by atoms with van der Waals surface area (Å²) >= 11 is 0. The standard InChI is InChI=1S/C36H38O12S/c1-43-23-17-29(45-3)35(30(18-23)46-4)33(13-9-21-7-11-25(37)27(39)15-21)49(41,42)34(14-10-22-8-12-26(38)28(40)16-22)36-31(47-5)19-24(44-2)20-32(36)48-6/h7-20,33-34,37-40H,1-6H3. The van der Waals surface area contributed by atoms with Gasteiger partial charge in [0.25, 0.3) is 0 Å². The fourth-order valence-electron chi connectivity index (χ4n) is 5.21. The Morgan fingerprint density at radius 2 is 0.816 bits per heavy atom. The molecule has 0 aliphatic heterocycles. The van der Waals surface area contributed by atoms with Gasteiger partial charge in [0, 0.05) is 24.3 Å². The summed E-state index contributed by atoms with van der Waals surface area (Å²) in [7, 11) is 3.91. The zero-order chi connectivity index (χ0) is 35.9. The topological polar surface area (TPSA) is 170 Å². The van der Waals surface area contributed by atoms with Gasteiger partial charge >= 0.3 is 0 Å². The molecule has 0 bridgehead atoms. The van der Waals surface area contributed by atoms with Crippen LogP contribution in [0.15, 0.2) is 72.8 Å². The van der Waals surface area contributed by atoms with E-state index in [1.165, 1.54) is 128 Å². The molecule has 0 fully saturated rings. The Hall–Kier alpha value is -5.69. The van der Waals surface area contributed by atoms with Gasteiger partial charge in [-0.3, -0.25) is 0 Å². The molecule has 260 valence electrons. The summed E-state index contributed by atoms with van der Waals surface area (Å²) in [6.45, 7) is 0. The van der Waals surface area contributed by atoms with Crippen LogP contribution in [-0.4, -0.2) is 71.5 Å². The van der Waals surface area contributed by atoms with Crippen molar-refractivity contribution in [2.45, 2.75) is 10.5 Å². The SMILES string of the molecule is COc1cc(OC)c(C(C=Cc2ccc(O)c(O)c2)S(=O)(=O)C(C=Cc2ccc(O)c(O)c2)c2c(OC)cc(OC)cc2OC)c(OC)c1. The van der Waals surface area contributed by atoms with Crippen molar-refractivity contribution < 1.29 is 57.3 Å². The lowest BCUT2D eigenvalue weighted by Crippen LogP contribution is -2.21. The lowest BCUT2D eigenvalue weighted by molar-refractivity contribution is 0.368. The van der Waals surface area contributed by atoms with Crippen LogP contribution < -0.4 is 28.4 Å². The minimum atomic E-state index is -4.51. The predicted octanol–water partition coefficient (Wildman–Crippen LogP) is 6.18. The third-order valence-electron chi connectivity index (χ3n) is 7.71. The van der Waals surface area contributed by atoms with Crippen molar-refractivity contribution in [1.82, 2.24) is 0 Å². The molecule has 0 heterocycles. The Morgan fingerprint density at radius 3 is 1.08 bits per heavy atom. The summed E-state index contributed by atoms with van der Waals surface area (Å²) in [5.41, 5.74) is 1.04. The van der Waals surface area contributed by atoms with Gasteiger partial charge in [0.1, 0.15) is 45.0 Å². The van der Waals surface area contributed by atoms with E-state index in [4.69, 9.17) is 28.4 Å². The van der Waals surface area contributed by atoms with Crippen LogP contribution in [0.2, 0.25) is 0 Å². The number of phenols is 4. The highest BCUT2D eigenvalue weighted by Gasteiger charge is 2.40. The molecule has 2 unspecified atom stereocenters. The molecule has 4 N–H and O–H groups in total. The Labute approximate surface area is 284 Å². The summed E-state index contributed by atoms with van der Waals surface area (Å²) < 4.78 is 64.2. The fourth-order valence-corrected chi connectivity index (χ4v) is 7.24. The second kappa shape index (κ2) is 15.5. The Balaban J connectivity index is 2.08. The smallest absolute Gasteiger partial charge is 0.172 e. The van der Waals surface area contributed by atoms with E-state index in [9.17, 15) is 20.4 Å². The van der Waals surface area contributed by atoms with Gasteiger partial charge in [0.15, 0.2) is 32.8 Å². The summed E-state index contributed by atoms with van der Waals surface area (Å²) in [6, 6.07) is 14.2. The van der Waals surface area contributed by atoms with Gasteiger partial charge in [-0.15, -0.1) is 0 Å². The third kappa shape index (κ3) is 7.73. The van der Waals surface area contributed by atoms with Crippen LogP contribution in [0.25, 0.3) is 12.2 Å². The first-order chi connectivity index (χ1) is 23.4. The minimum Gasteiger partial charge on any atom is -0.504 e. The molecule has 13 heteroatoms. The van der Waals surface area contributed by atoms with E-state index in [-0.39, 0.29) is 45.6 Å². The molecular weight excluding hydrogens is 656 g/mol. The summed E-state index contributed by atoms with van der Waals surface area (Å²) in [4.78, 5) is 0. The zero-order valence-corrected chi connectivity index (χ0v) is 28.5. The minimum absolute atomic E-state index is 0.136. The van der Waals surface area contributed by atoms with Crippen molar-refractivity contribution in [2.75, 3.05) is 42.7 Å². The van der Waals surface area contributed by atoms with Crippen LogP contribution in [0, 0.1) is 0 Å². The quantitative estimate of drug-likeness (QED) is 0.111. The highest BCUT2D eigenvalue weighted by Crippen LogP contribution is 2.50. The monoisotopic (exact) mass is 694 g/mol. The number of hydrogen-bond acceptors (Lipinski definition) is 12. The molecule has 4 aromatic rings. The molecule has 0 spiro atoms. The van der Waals surface area contributed by atoms with Crippen LogP contribution in [0.4, 0.5) is 0 Å². The van der Waals surface area contributed by atoms with Crippen LogP contribution in [0.1, 0.15) is 32.8 Å². The highest BCUT2D eigenvalue weighted by atomic mass is 32.2. The summed E-state index contributed by atoms with van der Waals surface area (Å²) in [5.74, 6) is -0.214. The van der Waals surface area contributed by atoms with Crippen molar-refractivity contribution in [2.24, 2.45) is 0 Å². The number of aromatic hydroxyl groups is 4. The first kappa shape index (κ1) is 36.2. The van der Waals surface area contributed by atoms with Gasteiger partial charge < -0.3 is 48.8 Å². The van der Waals surface area contributed by atoms with Crippen molar-refractivity contribution in [1.29, 1.82) is 0 Å². The molecule has 0 aromatic heterocycles. The first-order valence-electron chi connectivity index (χ1n) is 14.6. The number of ether oxygens (including phenoxy) is 6. The van der Waals surface area contributed by atoms with Gasteiger partial charge in [-0.2, -0.15) is 0 Å². The normalized spacial score (nSPS) is 12.9. The van der Waals surface area contributed by atoms with Gasteiger partial charge in [0.2, 0.25) is 0 Å². The van der Waals surface area contributed by atoms with Gasteiger partial charge in [-0.1, -0.05) is 36.4 Å². The summed E-state index contributed by atoms with van der Waals surface area (Å²) in [5, 5.41) is 37.0. The van der Waals surface area contributed by atoms with Crippen molar-refractivity contribution >= 4 is 22.0 Å². The maximum atomic E-state index is 15.3. The second-order valence-electron chi connectivity index (χ2n) is 10.5. The van der Waals surface area contributed by atoms with Crippen LogP contribution >= 0.6 is 0 Å². The molecular formula is C36H38O12S. The molecule has 49 heavy (non-hydrogen) atoms. The van der Waals surface area contributed by atoms with E-state index in [2.05, 4.69) is 0 Å². The maximum Gasteiger partial charge on any atom is 0.172 e. The maximum absolute atomic E-state index is 15.3. The lowest BCUT2D eigenvalue weighted by atomic mass is 10.1. The molecule has 4 rings (SSSR count). The number of hydrogen-bond donors (Lipinski definition) is 4. The van der Waals surface area contributed by atoms with Crippen LogP contribution in [0.5, 0.6) is 57.5 Å². The van der Waals surface area contributed by atoms with E-state index in [1.807, 2.05) is 0 Å². The van der Waals surface area contributed by atoms with E-state index in [0.29, 0.717) is 22.6 Å². The number of phenolic OH excluding ortho intramolecular Hbond substituents is 4. The molecule has 0 saturated carbocycles. The Morgan fingerprint density at radius 1 is 0.490 bits per heavy atom. The Kier molecular flexibility index (Phi) is 11.4. The molecule has 0 aliphatic rings. The molecule has 0 saturated heterocycles. The van der Waals surface area contributed by atoms with Crippen molar-refractivity contribution in [3.05, 3.63) is 95.1 Å². The lowest BCUT2D eigenvalue weighted by Gasteiger charge is -2.27. The first-order valence-corrected chi connectivity index (χ1v) is 16.3.